The Morgan fingerprint density at radius 3 is 2.80 bits per heavy atom. The molecule has 1 saturated heterocycles. The van der Waals surface area contributed by atoms with Crippen LogP contribution in [0.3, 0.4) is 0 Å². The van der Waals surface area contributed by atoms with Gasteiger partial charge in [0.05, 0.1) is 6.10 Å². The minimum absolute atomic E-state index is 0.208. The third-order valence-corrected chi connectivity index (χ3v) is 4.12. The van der Waals surface area contributed by atoms with Crippen molar-refractivity contribution in [3.8, 4) is 0 Å². The lowest BCUT2D eigenvalue weighted by Crippen LogP contribution is -2.43. The highest BCUT2D eigenvalue weighted by atomic mass is 16.3. The van der Waals surface area contributed by atoms with Crippen LogP contribution in [0.25, 0.3) is 0 Å². The number of aliphatic hydroxyl groups is 1. The molecule has 2 unspecified atom stereocenters. The summed E-state index contributed by atoms with van der Waals surface area (Å²) in [5.74, 6) is 1.08. The first-order chi connectivity index (χ1) is 9.58. The minimum atomic E-state index is -0.208. The highest BCUT2D eigenvalue weighted by Gasteiger charge is 2.25. The van der Waals surface area contributed by atoms with Gasteiger partial charge >= 0.3 is 0 Å². The van der Waals surface area contributed by atoms with Crippen molar-refractivity contribution >= 4 is 5.69 Å². The van der Waals surface area contributed by atoms with Gasteiger partial charge in [-0.15, -0.1) is 0 Å². The molecule has 0 saturated carbocycles. The van der Waals surface area contributed by atoms with E-state index in [0.717, 1.165) is 32.6 Å². The summed E-state index contributed by atoms with van der Waals surface area (Å²) in [7, 11) is 0. The van der Waals surface area contributed by atoms with E-state index in [0.29, 0.717) is 11.8 Å². The van der Waals surface area contributed by atoms with Crippen LogP contribution in [-0.2, 0) is 6.54 Å². The number of anilines is 1. The molecule has 1 heterocycles. The lowest BCUT2D eigenvalue weighted by Gasteiger charge is -2.37. The quantitative estimate of drug-likeness (QED) is 0.868. The molecule has 20 heavy (non-hydrogen) atoms. The number of hydrogen-bond acceptors (Lipinski definition) is 3. The van der Waals surface area contributed by atoms with E-state index in [4.69, 9.17) is 0 Å². The van der Waals surface area contributed by atoms with Crippen LogP contribution >= 0.6 is 0 Å². The Hall–Kier alpha value is -1.06. The molecule has 112 valence electrons. The van der Waals surface area contributed by atoms with Gasteiger partial charge in [0.2, 0.25) is 0 Å². The Bertz CT molecular complexity index is 419. The zero-order valence-electron chi connectivity index (χ0n) is 13.0. The molecule has 0 radical (unpaired) electrons. The van der Waals surface area contributed by atoms with Gasteiger partial charge in [-0.1, -0.05) is 39.0 Å². The Morgan fingerprint density at radius 1 is 1.35 bits per heavy atom. The molecule has 2 atom stereocenters. The second-order valence-electron chi connectivity index (χ2n) is 6.43. The number of β-amino-alcohol motifs (C(OH)–C–C–N with tert-alkyl or cyclic N) is 1. The number of hydrogen-bond donors (Lipinski definition) is 2. The second kappa shape index (κ2) is 7.09. The molecule has 0 spiro atoms. The van der Waals surface area contributed by atoms with Gasteiger partial charge in [0, 0.05) is 25.3 Å². The van der Waals surface area contributed by atoms with Crippen molar-refractivity contribution in [3.63, 3.8) is 0 Å². The molecule has 1 fully saturated rings. The fraction of sp³-hybridized carbons (Fsp3) is 0.647. The second-order valence-corrected chi connectivity index (χ2v) is 6.43. The predicted molar refractivity (Wildman–Crippen MR) is 85.0 cm³/mol. The highest BCUT2D eigenvalue weighted by molar-refractivity contribution is 5.54. The third-order valence-electron chi connectivity index (χ3n) is 4.12. The van der Waals surface area contributed by atoms with Crippen LogP contribution in [0.5, 0.6) is 0 Å². The molecule has 3 nitrogen and oxygen atoms in total. The summed E-state index contributed by atoms with van der Waals surface area (Å²) < 4.78 is 0. The van der Waals surface area contributed by atoms with Crippen molar-refractivity contribution in [2.75, 3.05) is 24.5 Å². The molecule has 1 aliphatic rings. The fourth-order valence-electron chi connectivity index (χ4n) is 2.73. The zero-order valence-corrected chi connectivity index (χ0v) is 13.0. The molecule has 2 N–H and O–H groups in total. The first-order valence-corrected chi connectivity index (χ1v) is 7.79. The largest absolute Gasteiger partial charge is 0.391 e. The molecule has 1 aliphatic heterocycles. The summed E-state index contributed by atoms with van der Waals surface area (Å²) in [6, 6.07) is 8.55. The summed E-state index contributed by atoms with van der Waals surface area (Å²) >= 11 is 0. The standard InChI is InChI=1S/C17H28N2O/c1-13(2)10-18-11-15-6-4-5-7-16(15)19-9-8-14(3)17(20)12-19/h4-7,13-14,17-18,20H,8-12H2,1-3H3. The van der Waals surface area contributed by atoms with Gasteiger partial charge in [-0.3, -0.25) is 0 Å². The highest BCUT2D eigenvalue weighted by Crippen LogP contribution is 2.26. The zero-order chi connectivity index (χ0) is 14.5. The van der Waals surface area contributed by atoms with Crippen molar-refractivity contribution in [3.05, 3.63) is 29.8 Å². The Balaban J connectivity index is 2.03. The van der Waals surface area contributed by atoms with Crippen LogP contribution in [0, 0.1) is 11.8 Å². The molecule has 1 aromatic rings. The maximum absolute atomic E-state index is 10.1. The van der Waals surface area contributed by atoms with Gasteiger partial charge in [-0.25, -0.2) is 0 Å². The van der Waals surface area contributed by atoms with Crippen LogP contribution in [-0.4, -0.2) is 30.8 Å². The molecular weight excluding hydrogens is 248 g/mol. The third kappa shape index (κ3) is 3.97. The first-order valence-electron chi connectivity index (χ1n) is 7.79. The summed E-state index contributed by atoms with van der Waals surface area (Å²) in [6.07, 6.45) is 0.856. The van der Waals surface area contributed by atoms with Crippen molar-refractivity contribution in [1.29, 1.82) is 0 Å². The Morgan fingerprint density at radius 2 is 2.10 bits per heavy atom. The number of piperidine rings is 1. The summed E-state index contributed by atoms with van der Waals surface area (Å²) in [5, 5.41) is 13.6. The molecule has 0 aliphatic carbocycles. The lowest BCUT2D eigenvalue weighted by atomic mass is 9.95. The van der Waals surface area contributed by atoms with Gasteiger partial charge in [0.15, 0.2) is 0 Å². The maximum Gasteiger partial charge on any atom is 0.0741 e. The molecule has 1 aromatic carbocycles. The molecule has 0 bridgehead atoms. The van der Waals surface area contributed by atoms with Crippen molar-refractivity contribution in [2.24, 2.45) is 11.8 Å². The number of benzene rings is 1. The fourth-order valence-corrected chi connectivity index (χ4v) is 2.73. The van der Waals surface area contributed by atoms with Crippen LogP contribution in [0.4, 0.5) is 5.69 Å². The van der Waals surface area contributed by atoms with Crippen molar-refractivity contribution in [2.45, 2.75) is 39.8 Å². The summed E-state index contributed by atoms with van der Waals surface area (Å²) in [5.41, 5.74) is 2.60. The lowest BCUT2D eigenvalue weighted by molar-refractivity contribution is 0.103. The van der Waals surface area contributed by atoms with Gasteiger partial charge in [0.1, 0.15) is 0 Å². The average molecular weight is 276 g/mol. The van der Waals surface area contributed by atoms with E-state index in [1.54, 1.807) is 0 Å². The normalized spacial score (nSPS) is 23.4. The topological polar surface area (TPSA) is 35.5 Å². The van der Waals surface area contributed by atoms with Gasteiger partial charge < -0.3 is 15.3 Å². The average Bonchev–Trinajstić information content (AvgIpc) is 2.42. The number of nitrogens with one attached hydrogen (secondary N) is 1. The maximum atomic E-state index is 10.1. The Labute approximate surface area is 123 Å². The smallest absolute Gasteiger partial charge is 0.0741 e. The van der Waals surface area contributed by atoms with Crippen LogP contribution in [0.2, 0.25) is 0 Å². The van der Waals surface area contributed by atoms with E-state index in [9.17, 15) is 5.11 Å². The number of rotatable bonds is 5. The molecule has 3 heteroatoms. The SMILES string of the molecule is CC(C)CNCc1ccccc1N1CCC(C)C(O)C1. The predicted octanol–water partition coefficient (Wildman–Crippen LogP) is 2.64. The van der Waals surface area contributed by atoms with Gasteiger partial charge in [-0.2, -0.15) is 0 Å². The number of nitrogens with zero attached hydrogens (tertiary/aromatic N) is 1. The molecule has 0 aromatic heterocycles. The summed E-state index contributed by atoms with van der Waals surface area (Å²) in [6.45, 7) is 10.3. The van der Waals surface area contributed by atoms with Crippen LogP contribution < -0.4 is 10.2 Å². The molecular formula is C17H28N2O. The number of aliphatic hydroxyl groups excluding tert-OH is 1. The van der Waals surface area contributed by atoms with E-state index in [2.05, 4.69) is 55.3 Å². The van der Waals surface area contributed by atoms with E-state index in [1.807, 2.05) is 0 Å². The molecule has 0 amide bonds. The van der Waals surface area contributed by atoms with E-state index >= 15 is 0 Å². The van der Waals surface area contributed by atoms with Crippen LogP contribution in [0.1, 0.15) is 32.8 Å². The van der Waals surface area contributed by atoms with E-state index in [1.165, 1.54) is 11.3 Å². The monoisotopic (exact) mass is 276 g/mol. The van der Waals surface area contributed by atoms with E-state index in [-0.39, 0.29) is 6.10 Å². The summed E-state index contributed by atoms with van der Waals surface area (Å²) in [4.78, 5) is 2.33. The van der Waals surface area contributed by atoms with Crippen molar-refractivity contribution in [1.82, 2.24) is 5.32 Å². The number of para-hydroxylation sites is 1. The molecule has 2 rings (SSSR count). The van der Waals surface area contributed by atoms with Crippen LogP contribution in [0.15, 0.2) is 24.3 Å². The minimum Gasteiger partial charge on any atom is -0.391 e. The van der Waals surface area contributed by atoms with Gasteiger partial charge in [-0.05, 0) is 36.4 Å². The Kier molecular flexibility index (Phi) is 5.44. The van der Waals surface area contributed by atoms with Gasteiger partial charge in [0.25, 0.3) is 0 Å². The van der Waals surface area contributed by atoms with E-state index < -0.39 is 0 Å². The first kappa shape index (κ1) is 15.3. The van der Waals surface area contributed by atoms with Crippen molar-refractivity contribution < 1.29 is 5.11 Å².